The maximum absolute atomic E-state index is 11.4. The highest BCUT2D eigenvalue weighted by atomic mass is 79.9. The lowest BCUT2D eigenvalue weighted by Crippen LogP contribution is -2.16. The summed E-state index contributed by atoms with van der Waals surface area (Å²) in [5.74, 6) is 1.12. The van der Waals surface area contributed by atoms with Gasteiger partial charge in [-0.05, 0) is 34.1 Å². The van der Waals surface area contributed by atoms with E-state index in [9.17, 15) is 4.79 Å². The molecule has 1 aromatic carbocycles. The van der Waals surface area contributed by atoms with Crippen LogP contribution >= 0.6 is 15.9 Å². The number of hydrogen-bond acceptors (Lipinski definition) is 3. The van der Waals surface area contributed by atoms with Crippen molar-refractivity contribution in [1.82, 2.24) is 0 Å². The van der Waals surface area contributed by atoms with Crippen LogP contribution in [-0.2, 0) is 0 Å². The molecule has 0 amide bonds. The van der Waals surface area contributed by atoms with E-state index in [-0.39, 0.29) is 5.78 Å². The Kier molecular flexibility index (Phi) is 2.77. The van der Waals surface area contributed by atoms with E-state index in [4.69, 9.17) is 9.47 Å². The zero-order valence-corrected chi connectivity index (χ0v) is 9.54. The highest BCUT2D eigenvalue weighted by Gasteiger charge is 2.17. The minimum atomic E-state index is -0.132. The van der Waals surface area contributed by atoms with E-state index < -0.39 is 0 Å². The molecule has 78 valence electrons. The average Bonchev–Trinajstić information content (AvgIpc) is 2.28. The van der Waals surface area contributed by atoms with Gasteiger partial charge in [0.2, 0.25) is 0 Å². The van der Waals surface area contributed by atoms with Gasteiger partial charge in [0, 0.05) is 5.56 Å². The number of allylic oxidation sites excluding steroid dienone is 1. The van der Waals surface area contributed by atoms with E-state index in [1.165, 1.54) is 6.08 Å². The van der Waals surface area contributed by atoms with Crippen LogP contribution in [0, 0.1) is 0 Å². The van der Waals surface area contributed by atoms with Crippen LogP contribution < -0.4 is 9.47 Å². The number of carbonyl (C=O) groups excluding carboxylic acids is 1. The van der Waals surface area contributed by atoms with Gasteiger partial charge in [-0.25, -0.2) is 0 Å². The zero-order chi connectivity index (χ0) is 10.8. The molecule has 1 heterocycles. The summed E-state index contributed by atoms with van der Waals surface area (Å²) in [6.07, 6.45) is 1.28. The van der Waals surface area contributed by atoms with E-state index in [1.807, 2.05) is 0 Å². The minimum Gasteiger partial charge on any atom is -0.486 e. The summed E-state index contributed by atoms with van der Waals surface area (Å²) >= 11 is 3.34. The molecule has 0 atom stereocenters. The first-order valence-electron chi connectivity index (χ1n) is 4.48. The molecule has 15 heavy (non-hydrogen) atoms. The average molecular weight is 269 g/mol. The van der Waals surface area contributed by atoms with Crippen LogP contribution in [0.5, 0.6) is 11.5 Å². The third-order valence-corrected chi connectivity index (χ3v) is 2.66. The van der Waals surface area contributed by atoms with E-state index in [1.54, 1.807) is 12.1 Å². The van der Waals surface area contributed by atoms with Crippen molar-refractivity contribution in [3.8, 4) is 11.5 Å². The second-order valence-electron chi connectivity index (χ2n) is 3.05. The smallest absolute Gasteiger partial charge is 0.185 e. The Morgan fingerprint density at radius 1 is 1.40 bits per heavy atom. The SMILES string of the molecule is C=CC(=O)c1cc(Br)c2c(c1)OCCO2. The van der Waals surface area contributed by atoms with Gasteiger partial charge in [-0.3, -0.25) is 4.79 Å². The number of fused-ring (bicyclic) bond motifs is 1. The number of halogens is 1. The molecule has 3 nitrogen and oxygen atoms in total. The molecule has 0 saturated heterocycles. The zero-order valence-electron chi connectivity index (χ0n) is 7.96. The lowest BCUT2D eigenvalue weighted by Gasteiger charge is -2.19. The number of hydrogen-bond donors (Lipinski definition) is 0. The second-order valence-corrected chi connectivity index (χ2v) is 3.90. The summed E-state index contributed by atoms with van der Waals surface area (Å²) in [6, 6.07) is 3.38. The fourth-order valence-electron chi connectivity index (χ4n) is 1.37. The lowest BCUT2D eigenvalue weighted by atomic mass is 10.1. The molecule has 0 unspecified atom stereocenters. The topological polar surface area (TPSA) is 35.5 Å². The van der Waals surface area contributed by atoms with Crippen molar-refractivity contribution < 1.29 is 14.3 Å². The molecule has 0 fully saturated rings. The van der Waals surface area contributed by atoms with Crippen molar-refractivity contribution in [2.45, 2.75) is 0 Å². The Bertz CT molecular complexity index is 426. The molecule has 0 radical (unpaired) electrons. The normalized spacial score (nSPS) is 13.4. The molecule has 0 bridgehead atoms. The van der Waals surface area contributed by atoms with Crippen molar-refractivity contribution in [2.75, 3.05) is 13.2 Å². The largest absolute Gasteiger partial charge is 0.486 e. The van der Waals surface area contributed by atoms with E-state index in [2.05, 4.69) is 22.5 Å². The number of rotatable bonds is 2. The molecule has 1 aliphatic rings. The molecule has 0 spiro atoms. The first-order valence-corrected chi connectivity index (χ1v) is 5.27. The van der Waals surface area contributed by atoms with Gasteiger partial charge in [0.1, 0.15) is 13.2 Å². The summed E-state index contributed by atoms with van der Waals surface area (Å²) in [5, 5.41) is 0. The van der Waals surface area contributed by atoms with Crippen LogP contribution in [0.25, 0.3) is 0 Å². The van der Waals surface area contributed by atoms with Crippen molar-refractivity contribution in [3.05, 3.63) is 34.8 Å². The first-order chi connectivity index (χ1) is 7.22. The fourth-order valence-corrected chi connectivity index (χ4v) is 1.93. The maximum atomic E-state index is 11.4. The minimum absolute atomic E-state index is 0.132. The predicted molar refractivity (Wildman–Crippen MR) is 59.7 cm³/mol. The van der Waals surface area contributed by atoms with Crippen LogP contribution in [0.3, 0.4) is 0 Å². The van der Waals surface area contributed by atoms with Crippen molar-refractivity contribution in [2.24, 2.45) is 0 Å². The lowest BCUT2D eigenvalue weighted by molar-refractivity contribution is 0.104. The van der Waals surface area contributed by atoms with Crippen molar-refractivity contribution >= 4 is 21.7 Å². The Hall–Kier alpha value is -1.29. The van der Waals surface area contributed by atoms with Crippen LogP contribution in [-0.4, -0.2) is 19.0 Å². The summed E-state index contributed by atoms with van der Waals surface area (Å²) in [6.45, 7) is 4.48. The highest BCUT2D eigenvalue weighted by molar-refractivity contribution is 9.10. The van der Waals surface area contributed by atoms with Gasteiger partial charge in [0.25, 0.3) is 0 Å². The summed E-state index contributed by atoms with van der Waals surface area (Å²) in [5.41, 5.74) is 0.543. The molecule has 1 aliphatic heterocycles. The number of benzene rings is 1. The third kappa shape index (κ3) is 1.90. The first kappa shape index (κ1) is 10.2. The Labute approximate surface area is 95.8 Å². The van der Waals surface area contributed by atoms with Gasteiger partial charge in [-0.15, -0.1) is 0 Å². The molecule has 0 saturated carbocycles. The van der Waals surface area contributed by atoms with Crippen LogP contribution in [0.4, 0.5) is 0 Å². The van der Waals surface area contributed by atoms with Gasteiger partial charge in [0.15, 0.2) is 17.3 Å². The summed E-state index contributed by atoms with van der Waals surface area (Å²) in [4.78, 5) is 11.4. The summed E-state index contributed by atoms with van der Waals surface area (Å²) < 4.78 is 11.5. The Morgan fingerprint density at radius 3 is 2.87 bits per heavy atom. The van der Waals surface area contributed by atoms with Gasteiger partial charge in [-0.2, -0.15) is 0 Å². The van der Waals surface area contributed by atoms with E-state index in [0.717, 1.165) is 4.47 Å². The van der Waals surface area contributed by atoms with Crippen LogP contribution in [0.15, 0.2) is 29.3 Å². The number of ketones is 1. The van der Waals surface area contributed by atoms with Crippen molar-refractivity contribution in [1.29, 1.82) is 0 Å². The Balaban J connectivity index is 2.49. The van der Waals surface area contributed by atoms with Crippen LogP contribution in [0.2, 0.25) is 0 Å². The predicted octanol–water partition coefficient (Wildman–Crippen LogP) is 2.59. The molecule has 0 aromatic heterocycles. The molecule has 0 aliphatic carbocycles. The van der Waals surface area contributed by atoms with Crippen molar-refractivity contribution in [3.63, 3.8) is 0 Å². The highest BCUT2D eigenvalue weighted by Crippen LogP contribution is 2.38. The molecular weight excluding hydrogens is 260 g/mol. The molecular formula is C11H9BrO3. The van der Waals surface area contributed by atoms with Gasteiger partial charge < -0.3 is 9.47 Å². The fraction of sp³-hybridized carbons (Fsp3) is 0.182. The molecule has 0 N–H and O–H groups in total. The maximum Gasteiger partial charge on any atom is 0.185 e. The van der Waals surface area contributed by atoms with E-state index >= 15 is 0 Å². The summed E-state index contributed by atoms with van der Waals surface area (Å²) in [7, 11) is 0. The quantitative estimate of drug-likeness (QED) is 0.611. The van der Waals surface area contributed by atoms with E-state index in [0.29, 0.717) is 30.3 Å². The molecule has 4 heteroatoms. The molecule has 1 aromatic rings. The third-order valence-electron chi connectivity index (χ3n) is 2.07. The second kappa shape index (κ2) is 4.06. The monoisotopic (exact) mass is 268 g/mol. The van der Waals surface area contributed by atoms with Gasteiger partial charge in [-0.1, -0.05) is 6.58 Å². The standard InChI is InChI=1S/C11H9BrO3/c1-2-9(13)7-5-8(12)11-10(6-7)14-3-4-15-11/h2,5-6H,1,3-4H2. The Morgan fingerprint density at radius 2 is 2.13 bits per heavy atom. The van der Waals surface area contributed by atoms with Gasteiger partial charge in [0.05, 0.1) is 4.47 Å². The number of ether oxygens (including phenoxy) is 2. The molecule has 2 rings (SSSR count). The van der Waals surface area contributed by atoms with Crippen LogP contribution in [0.1, 0.15) is 10.4 Å². The number of carbonyl (C=O) groups is 1. The van der Waals surface area contributed by atoms with Gasteiger partial charge >= 0.3 is 0 Å².